The zero-order valence-corrected chi connectivity index (χ0v) is 16.6. The SMILES string of the molecule is CC(C)CC(NC(=O)c1ccc(Cl)cc1)C(=O)NCC1CCS(=O)(=O)C1. The number of carbonyl (C=O) groups excluding carboxylic acids is 2. The number of nitrogens with one attached hydrogen (secondary N) is 2. The predicted octanol–water partition coefficient (Wildman–Crippen LogP) is 2.04. The lowest BCUT2D eigenvalue weighted by Gasteiger charge is -2.21. The fourth-order valence-corrected chi connectivity index (χ4v) is 4.93. The minimum atomic E-state index is -2.97. The lowest BCUT2D eigenvalue weighted by atomic mass is 10.0. The number of rotatable bonds is 7. The maximum Gasteiger partial charge on any atom is 0.251 e. The Morgan fingerprint density at radius 1 is 1.23 bits per heavy atom. The molecule has 0 saturated carbocycles. The molecule has 0 bridgehead atoms. The van der Waals surface area contributed by atoms with Gasteiger partial charge in [0, 0.05) is 17.1 Å². The average Bonchev–Trinajstić information content (AvgIpc) is 2.91. The Morgan fingerprint density at radius 2 is 1.88 bits per heavy atom. The zero-order chi connectivity index (χ0) is 19.3. The summed E-state index contributed by atoms with van der Waals surface area (Å²) >= 11 is 5.83. The highest BCUT2D eigenvalue weighted by Gasteiger charge is 2.29. The van der Waals surface area contributed by atoms with Gasteiger partial charge in [-0.2, -0.15) is 0 Å². The number of carbonyl (C=O) groups is 2. The van der Waals surface area contributed by atoms with Gasteiger partial charge in [0.2, 0.25) is 5.91 Å². The Balaban J connectivity index is 1.95. The van der Waals surface area contributed by atoms with E-state index in [9.17, 15) is 18.0 Å². The summed E-state index contributed by atoms with van der Waals surface area (Å²) in [5.41, 5.74) is 0.429. The molecule has 144 valence electrons. The molecule has 1 saturated heterocycles. The number of hydrogen-bond acceptors (Lipinski definition) is 4. The summed E-state index contributed by atoms with van der Waals surface area (Å²) in [4.78, 5) is 24.9. The Bertz CT molecular complexity index is 747. The van der Waals surface area contributed by atoms with Crippen LogP contribution in [0.5, 0.6) is 0 Å². The van der Waals surface area contributed by atoms with E-state index in [2.05, 4.69) is 10.6 Å². The molecule has 0 spiro atoms. The number of hydrogen-bond donors (Lipinski definition) is 2. The van der Waals surface area contributed by atoms with Crippen molar-refractivity contribution in [3.05, 3.63) is 34.9 Å². The molecule has 1 aliphatic heterocycles. The van der Waals surface area contributed by atoms with Gasteiger partial charge < -0.3 is 10.6 Å². The van der Waals surface area contributed by atoms with Crippen LogP contribution in [0.4, 0.5) is 0 Å². The van der Waals surface area contributed by atoms with Gasteiger partial charge >= 0.3 is 0 Å². The molecule has 2 amide bonds. The minimum absolute atomic E-state index is 0.0596. The first-order chi connectivity index (χ1) is 12.2. The van der Waals surface area contributed by atoms with Gasteiger partial charge in [0.15, 0.2) is 9.84 Å². The van der Waals surface area contributed by atoms with Crippen molar-refractivity contribution in [2.45, 2.75) is 32.7 Å². The van der Waals surface area contributed by atoms with E-state index < -0.39 is 15.9 Å². The highest BCUT2D eigenvalue weighted by Crippen LogP contribution is 2.17. The summed E-state index contributed by atoms with van der Waals surface area (Å²) in [7, 11) is -2.97. The molecule has 1 aromatic rings. The van der Waals surface area contributed by atoms with Crippen molar-refractivity contribution in [2.75, 3.05) is 18.1 Å². The Labute approximate surface area is 159 Å². The van der Waals surface area contributed by atoms with Gasteiger partial charge in [-0.3, -0.25) is 9.59 Å². The van der Waals surface area contributed by atoms with Crippen molar-refractivity contribution in [3.63, 3.8) is 0 Å². The lowest BCUT2D eigenvalue weighted by molar-refractivity contribution is -0.123. The molecule has 0 aromatic heterocycles. The molecular formula is C18H25ClN2O4S. The van der Waals surface area contributed by atoms with Crippen LogP contribution in [0.3, 0.4) is 0 Å². The highest BCUT2D eigenvalue weighted by atomic mass is 35.5. The molecule has 6 nitrogen and oxygen atoms in total. The van der Waals surface area contributed by atoms with Crippen molar-refractivity contribution in [1.29, 1.82) is 0 Å². The van der Waals surface area contributed by atoms with Gasteiger partial charge in [0.25, 0.3) is 5.91 Å². The van der Waals surface area contributed by atoms with Gasteiger partial charge in [0.1, 0.15) is 6.04 Å². The third-order valence-electron chi connectivity index (χ3n) is 4.33. The Kier molecular flexibility index (Phi) is 7.06. The second-order valence-electron chi connectivity index (χ2n) is 7.18. The van der Waals surface area contributed by atoms with E-state index in [0.29, 0.717) is 30.0 Å². The maximum absolute atomic E-state index is 12.5. The van der Waals surface area contributed by atoms with Gasteiger partial charge in [-0.25, -0.2) is 8.42 Å². The third kappa shape index (κ3) is 6.29. The first-order valence-electron chi connectivity index (χ1n) is 8.71. The van der Waals surface area contributed by atoms with E-state index >= 15 is 0 Å². The molecule has 1 fully saturated rings. The van der Waals surface area contributed by atoms with Crippen molar-refractivity contribution in [3.8, 4) is 0 Å². The molecule has 0 radical (unpaired) electrons. The minimum Gasteiger partial charge on any atom is -0.354 e. The Hall–Kier alpha value is -1.60. The van der Waals surface area contributed by atoms with Crippen molar-refractivity contribution < 1.29 is 18.0 Å². The molecular weight excluding hydrogens is 376 g/mol. The van der Waals surface area contributed by atoms with Crippen molar-refractivity contribution in [2.24, 2.45) is 11.8 Å². The molecule has 26 heavy (non-hydrogen) atoms. The van der Waals surface area contributed by atoms with Crippen LogP contribution in [0.1, 0.15) is 37.0 Å². The summed E-state index contributed by atoms with van der Waals surface area (Å²) in [6.07, 6.45) is 1.06. The van der Waals surface area contributed by atoms with E-state index in [0.717, 1.165) is 0 Å². The van der Waals surface area contributed by atoms with Crippen LogP contribution in [0, 0.1) is 11.8 Å². The third-order valence-corrected chi connectivity index (χ3v) is 6.42. The highest BCUT2D eigenvalue weighted by molar-refractivity contribution is 7.91. The van der Waals surface area contributed by atoms with Gasteiger partial charge in [-0.05, 0) is 48.9 Å². The van der Waals surface area contributed by atoms with Crippen LogP contribution in [0.2, 0.25) is 5.02 Å². The number of halogens is 1. The van der Waals surface area contributed by atoms with E-state index in [1.165, 1.54) is 0 Å². The van der Waals surface area contributed by atoms with Crippen LogP contribution < -0.4 is 10.6 Å². The second kappa shape index (κ2) is 8.86. The molecule has 2 rings (SSSR count). The lowest BCUT2D eigenvalue weighted by Crippen LogP contribution is -2.48. The van der Waals surface area contributed by atoms with Gasteiger partial charge in [-0.15, -0.1) is 0 Å². The second-order valence-corrected chi connectivity index (χ2v) is 9.84. The molecule has 2 N–H and O–H groups in total. The average molecular weight is 401 g/mol. The predicted molar refractivity (Wildman–Crippen MR) is 102 cm³/mol. The van der Waals surface area contributed by atoms with Crippen LogP contribution in [-0.4, -0.2) is 44.3 Å². The van der Waals surface area contributed by atoms with Crippen LogP contribution >= 0.6 is 11.6 Å². The number of sulfone groups is 1. The standard InChI is InChI=1S/C18H25ClN2O4S/c1-12(2)9-16(21-17(22)14-3-5-15(19)6-4-14)18(23)20-10-13-7-8-26(24,25)11-13/h3-6,12-13,16H,7-11H2,1-2H3,(H,20,23)(H,21,22). The maximum atomic E-state index is 12.5. The number of amides is 2. The molecule has 1 aromatic carbocycles. The summed E-state index contributed by atoms with van der Waals surface area (Å²) < 4.78 is 23.0. The molecule has 1 heterocycles. The van der Waals surface area contributed by atoms with E-state index in [4.69, 9.17) is 11.6 Å². The molecule has 8 heteroatoms. The van der Waals surface area contributed by atoms with Crippen molar-refractivity contribution in [1.82, 2.24) is 10.6 Å². The molecule has 2 unspecified atom stereocenters. The summed E-state index contributed by atoms with van der Waals surface area (Å²) in [6.45, 7) is 4.25. The van der Waals surface area contributed by atoms with Crippen molar-refractivity contribution >= 4 is 33.3 Å². The first-order valence-corrected chi connectivity index (χ1v) is 10.9. The van der Waals surface area contributed by atoms with Crippen LogP contribution in [0.15, 0.2) is 24.3 Å². The topological polar surface area (TPSA) is 92.3 Å². The van der Waals surface area contributed by atoms with Gasteiger partial charge in [0.05, 0.1) is 11.5 Å². The summed E-state index contributed by atoms with van der Waals surface area (Å²) in [5.74, 6) is -0.190. The summed E-state index contributed by atoms with van der Waals surface area (Å²) in [6, 6.07) is 5.77. The normalized spacial score (nSPS) is 19.9. The largest absolute Gasteiger partial charge is 0.354 e. The zero-order valence-electron chi connectivity index (χ0n) is 15.0. The fourth-order valence-electron chi connectivity index (χ4n) is 2.95. The fraction of sp³-hybridized carbons (Fsp3) is 0.556. The first kappa shape index (κ1) is 20.7. The summed E-state index contributed by atoms with van der Waals surface area (Å²) in [5, 5.41) is 6.09. The Morgan fingerprint density at radius 3 is 2.42 bits per heavy atom. The molecule has 1 aliphatic rings. The number of benzene rings is 1. The smallest absolute Gasteiger partial charge is 0.251 e. The van der Waals surface area contributed by atoms with Crippen LogP contribution in [0.25, 0.3) is 0 Å². The van der Waals surface area contributed by atoms with E-state index in [1.807, 2.05) is 13.8 Å². The van der Waals surface area contributed by atoms with E-state index in [1.54, 1.807) is 24.3 Å². The van der Waals surface area contributed by atoms with Crippen LogP contribution in [-0.2, 0) is 14.6 Å². The quantitative estimate of drug-likeness (QED) is 0.732. The van der Waals surface area contributed by atoms with Gasteiger partial charge in [-0.1, -0.05) is 25.4 Å². The molecule has 0 aliphatic carbocycles. The van der Waals surface area contributed by atoms with E-state index in [-0.39, 0.29) is 35.2 Å². The molecule has 2 atom stereocenters. The monoisotopic (exact) mass is 400 g/mol.